The molecule has 11 heteroatoms. The van der Waals surface area contributed by atoms with Crippen LogP contribution in [-0.4, -0.2) is 34.7 Å². The summed E-state index contributed by atoms with van der Waals surface area (Å²) in [5, 5.41) is 2.51. The lowest BCUT2D eigenvalue weighted by Crippen LogP contribution is -2.17. The van der Waals surface area contributed by atoms with E-state index in [1.807, 2.05) is 0 Å². The van der Waals surface area contributed by atoms with Gasteiger partial charge in [0, 0.05) is 12.5 Å². The van der Waals surface area contributed by atoms with Gasteiger partial charge in [-0.25, -0.2) is 8.60 Å². The Morgan fingerprint density at radius 2 is 2.13 bits per heavy atom. The van der Waals surface area contributed by atoms with Crippen molar-refractivity contribution >= 4 is 15.7 Å². The van der Waals surface area contributed by atoms with Crippen molar-refractivity contribution < 1.29 is 26.6 Å². The third kappa shape index (κ3) is 5.66. The van der Waals surface area contributed by atoms with Gasteiger partial charge < -0.3 is 10.6 Å². The fourth-order valence-corrected chi connectivity index (χ4v) is 2.70. The Hall–Kier alpha value is -1.91. The number of guanidine groups is 1. The van der Waals surface area contributed by atoms with Crippen LogP contribution >= 0.6 is 0 Å². The highest BCUT2D eigenvalue weighted by Gasteiger charge is 2.32. The maximum atomic E-state index is 12.5. The van der Waals surface area contributed by atoms with E-state index < -0.39 is 39.5 Å². The summed E-state index contributed by atoms with van der Waals surface area (Å²) in [6, 6.07) is 1.97. The first-order valence-electron chi connectivity index (χ1n) is 6.33. The number of rotatable bonds is 5. The highest BCUT2D eigenvalue weighted by Crippen LogP contribution is 2.29. The predicted octanol–water partition coefficient (Wildman–Crippen LogP) is 2.48. The van der Waals surface area contributed by atoms with E-state index in [9.17, 15) is 21.8 Å². The zero-order chi connectivity index (χ0) is 17.7. The van der Waals surface area contributed by atoms with Crippen molar-refractivity contribution in [2.45, 2.75) is 18.3 Å². The van der Waals surface area contributed by atoms with E-state index in [0.717, 1.165) is 12.3 Å². The van der Waals surface area contributed by atoms with Crippen molar-refractivity contribution in [3.05, 3.63) is 29.6 Å². The number of hydrogen-bond donors (Lipinski definition) is 1. The molecule has 1 rings (SSSR count). The molecule has 0 radical (unpaired) electrons. The van der Waals surface area contributed by atoms with E-state index >= 15 is 0 Å². The molecule has 23 heavy (non-hydrogen) atoms. The van der Waals surface area contributed by atoms with Gasteiger partial charge in [0.25, 0.3) is 5.96 Å². The molecule has 0 bridgehead atoms. The van der Waals surface area contributed by atoms with E-state index in [0.29, 0.717) is 5.56 Å². The topological polar surface area (TPSA) is 89.9 Å². The zero-order valence-corrected chi connectivity index (χ0v) is 13.2. The molecule has 2 N–H and O–H groups in total. The Morgan fingerprint density at radius 1 is 1.48 bits per heavy atom. The quantitative estimate of drug-likeness (QED) is 0.288. The van der Waals surface area contributed by atoms with Crippen molar-refractivity contribution in [2.24, 2.45) is 15.3 Å². The Balaban J connectivity index is 3.00. The van der Waals surface area contributed by atoms with Crippen LogP contribution in [0.4, 0.5) is 17.6 Å². The highest BCUT2D eigenvalue weighted by atomic mass is 32.2. The van der Waals surface area contributed by atoms with E-state index in [2.05, 4.69) is 19.3 Å². The number of alkyl halides is 4. The summed E-state index contributed by atoms with van der Waals surface area (Å²) in [7, 11) is -2.97. The summed E-state index contributed by atoms with van der Waals surface area (Å²) in [5.41, 5.74) is 4.64. The molecule has 1 aromatic heterocycles. The molecule has 0 saturated heterocycles. The van der Waals surface area contributed by atoms with Gasteiger partial charge in [-0.15, -0.1) is 0 Å². The van der Waals surface area contributed by atoms with Gasteiger partial charge in [0.1, 0.15) is 19.0 Å². The smallest absolute Gasteiger partial charge is 0.390 e. The molecule has 0 amide bonds. The van der Waals surface area contributed by atoms with Crippen molar-refractivity contribution in [3.63, 3.8) is 0 Å². The summed E-state index contributed by atoms with van der Waals surface area (Å²) < 4.78 is 65.4. The number of hydrogen-bond acceptors (Lipinski definition) is 4. The number of halogens is 4. The van der Waals surface area contributed by atoms with Crippen LogP contribution in [0.1, 0.15) is 23.4 Å². The summed E-state index contributed by atoms with van der Waals surface area (Å²) in [4.78, 5) is 7.76. The van der Waals surface area contributed by atoms with Crippen LogP contribution in [0.15, 0.2) is 27.8 Å². The van der Waals surface area contributed by atoms with E-state index in [4.69, 9.17) is 5.73 Å². The second kappa shape index (κ2) is 7.57. The molecule has 0 aliphatic heterocycles. The number of nitrogens with zero attached hydrogens (tertiary/aromatic N) is 3. The van der Waals surface area contributed by atoms with Gasteiger partial charge in [-0.2, -0.15) is 17.5 Å². The zero-order valence-electron chi connectivity index (χ0n) is 12.4. The Kier molecular flexibility index (Phi) is 6.30. The molecule has 2 atom stereocenters. The first-order chi connectivity index (χ1) is 10.6. The lowest BCUT2D eigenvalue weighted by atomic mass is 10.2. The predicted molar refractivity (Wildman–Crippen MR) is 77.7 cm³/mol. The summed E-state index contributed by atoms with van der Waals surface area (Å²) in [5.74, 6) is -0.447. The third-order valence-corrected chi connectivity index (χ3v) is 4.94. The standard InChI is InChI=1S/C12H16F4N4O2S/c1-8(9-3-4-10(18-7-9)12(14,15)16)23(2,21)20-11(17)19-22-6-5-13/h3-4,7-8H,5-6H2,1-2H3,(H2,17,19). The number of nitrogens with two attached hydrogens (primary N) is 1. The van der Waals surface area contributed by atoms with E-state index in [-0.39, 0.29) is 6.61 Å². The lowest BCUT2D eigenvalue weighted by Gasteiger charge is -2.14. The average molecular weight is 356 g/mol. The third-order valence-electron chi connectivity index (χ3n) is 2.80. The molecule has 0 aliphatic rings. The second-order valence-electron chi connectivity index (χ2n) is 4.54. The SMILES string of the molecule is CC(c1ccc(C(F)(F)F)nc1)S(C)(=O)=N/C(N)=N/OCCF. The number of aromatic nitrogens is 1. The van der Waals surface area contributed by atoms with Crippen LogP contribution in [-0.2, 0) is 20.7 Å². The lowest BCUT2D eigenvalue weighted by molar-refractivity contribution is -0.141. The first kappa shape index (κ1) is 19.1. The van der Waals surface area contributed by atoms with Crippen molar-refractivity contribution in [3.8, 4) is 0 Å². The first-order valence-corrected chi connectivity index (χ1v) is 8.32. The van der Waals surface area contributed by atoms with Crippen LogP contribution in [0.5, 0.6) is 0 Å². The maximum Gasteiger partial charge on any atom is 0.433 e. The van der Waals surface area contributed by atoms with Crippen LogP contribution in [0, 0.1) is 0 Å². The molecule has 2 unspecified atom stereocenters. The highest BCUT2D eigenvalue weighted by molar-refractivity contribution is 7.93. The molecule has 0 saturated carbocycles. The molecule has 6 nitrogen and oxygen atoms in total. The second-order valence-corrected chi connectivity index (χ2v) is 7.15. The molecule has 0 fully saturated rings. The van der Waals surface area contributed by atoms with E-state index in [1.54, 1.807) is 0 Å². The van der Waals surface area contributed by atoms with Crippen LogP contribution in [0.25, 0.3) is 0 Å². The van der Waals surface area contributed by atoms with Gasteiger partial charge in [0.2, 0.25) is 0 Å². The maximum absolute atomic E-state index is 12.5. The molecule has 0 spiro atoms. The van der Waals surface area contributed by atoms with Crippen LogP contribution in [0.3, 0.4) is 0 Å². The van der Waals surface area contributed by atoms with E-state index in [1.165, 1.54) is 19.2 Å². The van der Waals surface area contributed by atoms with Gasteiger partial charge in [0.05, 0.1) is 15.0 Å². The minimum Gasteiger partial charge on any atom is -0.390 e. The monoisotopic (exact) mass is 356 g/mol. The Morgan fingerprint density at radius 3 is 2.61 bits per heavy atom. The summed E-state index contributed by atoms with van der Waals surface area (Å²) >= 11 is 0. The fraction of sp³-hybridized carbons (Fsp3) is 0.500. The molecular weight excluding hydrogens is 340 g/mol. The largest absolute Gasteiger partial charge is 0.433 e. The van der Waals surface area contributed by atoms with Crippen molar-refractivity contribution in [1.29, 1.82) is 0 Å². The van der Waals surface area contributed by atoms with Crippen LogP contribution < -0.4 is 5.73 Å². The fourth-order valence-electron chi connectivity index (χ4n) is 1.49. The minimum atomic E-state index is -4.55. The van der Waals surface area contributed by atoms with Gasteiger partial charge in [-0.3, -0.25) is 4.98 Å². The Labute approximate surface area is 130 Å². The Bertz CT molecular complexity index is 667. The summed E-state index contributed by atoms with van der Waals surface area (Å²) in [6.07, 6.45) is -2.30. The molecule has 1 heterocycles. The van der Waals surface area contributed by atoms with Crippen LogP contribution in [0.2, 0.25) is 0 Å². The van der Waals surface area contributed by atoms with Gasteiger partial charge in [0.15, 0.2) is 0 Å². The number of oxime groups is 1. The van der Waals surface area contributed by atoms with Crippen molar-refractivity contribution in [1.82, 2.24) is 4.98 Å². The molecule has 1 aromatic rings. The normalized spacial score (nSPS) is 16.5. The number of pyridine rings is 1. The van der Waals surface area contributed by atoms with Gasteiger partial charge in [-0.1, -0.05) is 6.07 Å². The molecule has 130 valence electrons. The van der Waals surface area contributed by atoms with Gasteiger partial charge >= 0.3 is 6.18 Å². The molecular formula is C12H16F4N4O2S. The average Bonchev–Trinajstić information content (AvgIpc) is 2.45. The summed E-state index contributed by atoms with van der Waals surface area (Å²) in [6.45, 7) is 0.414. The van der Waals surface area contributed by atoms with Crippen molar-refractivity contribution in [2.75, 3.05) is 19.5 Å². The van der Waals surface area contributed by atoms with Gasteiger partial charge in [-0.05, 0) is 23.7 Å². The minimum absolute atomic E-state index is 0.298. The molecule has 0 aromatic carbocycles. The molecule has 0 aliphatic carbocycles.